The molecule has 1 saturated carbocycles. The van der Waals surface area contributed by atoms with E-state index in [4.69, 9.17) is 0 Å². The molecule has 1 aromatic carbocycles. The van der Waals surface area contributed by atoms with Crippen LogP contribution in [0.1, 0.15) is 31.7 Å². The Labute approximate surface area is 125 Å². The molecule has 2 aliphatic rings. The third-order valence-corrected chi connectivity index (χ3v) is 4.98. The second kappa shape index (κ2) is 5.76. The van der Waals surface area contributed by atoms with E-state index >= 15 is 0 Å². The van der Waals surface area contributed by atoms with Crippen molar-refractivity contribution < 1.29 is 9.18 Å². The summed E-state index contributed by atoms with van der Waals surface area (Å²) in [6, 6.07) is 6.73. The fourth-order valence-electron chi connectivity index (χ4n) is 3.58. The van der Waals surface area contributed by atoms with Crippen molar-refractivity contribution in [3.8, 4) is 0 Å². The Hall–Kier alpha value is -1.42. The molecule has 2 fully saturated rings. The van der Waals surface area contributed by atoms with Crippen LogP contribution in [-0.2, 0) is 11.2 Å². The molecule has 0 aromatic heterocycles. The highest BCUT2D eigenvalue weighted by atomic mass is 19.1. The van der Waals surface area contributed by atoms with E-state index in [1.165, 1.54) is 6.07 Å². The molecule has 2 unspecified atom stereocenters. The number of carbonyl (C=O) groups excluding carboxylic acids is 1. The summed E-state index contributed by atoms with van der Waals surface area (Å²) < 4.78 is 13.6. The quantitative estimate of drug-likeness (QED) is 0.893. The lowest BCUT2D eigenvalue weighted by Crippen LogP contribution is -2.38. The molecule has 21 heavy (non-hydrogen) atoms. The Morgan fingerprint density at radius 2 is 2.14 bits per heavy atom. The highest BCUT2D eigenvalue weighted by Crippen LogP contribution is 2.58. The zero-order valence-corrected chi connectivity index (χ0v) is 12.5. The number of benzene rings is 1. The second-order valence-electron chi connectivity index (χ2n) is 6.57. The van der Waals surface area contributed by atoms with Gasteiger partial charge in [0.2, 0.25) is 5.91 Å². The van der Waals surface area contributed by atoms with E-state index in [0.717, 1.165) is 32.4 Å². The van der Waals surface area contributed by atoms with Crippen LogP contribution in [0.4, 0.5) is 4.39 Å². The Balaban J connectivity index is 1.52. The van der Waals surface area contributed by atoms with Gasteiger partial charge in [-0.15, -0.1) is 0 Å². The molecule has 3 nitrogen and oxygen atoms in total. The maximum atomic E-state index is 13.6. The van der Waals surface area contributed by atoms with Crippen molar-refractivity contribution in [1.29, 1.82) is 0 Å². The van der Waals surface area contributed by atoms with Gasteiger partial charge in [-0.1, -0.05) is 18.2 Å². The van der Waals surface area contributed by atoms with Crippen LogP contribution < -0.4 is 10.6 Å². The zero-order valence-electron chi connectivity index (χ0n) is 12.5. The predicted molar refractivity (Wildman–Crippen MR) is 80.4 cm³/mol. The van der Waals surface area contributed by atoms with Gasteiger partial charge in [0.25, 0.3) is 0 Å². The lowest BCUT2D eigenvalue weighted by Gasteiger charge is -2.23. The lowest BCUT2D eigenvalue weighted by molar-refractivity contribution is -0.123. The Bertz CT molecular complexity index is 525. The van der Waals surface area contributed by atoms with Gasteiger partial charge < -0.3 is 10.6 Å². The number of hydrogen-bond donors (Lipinski definition) is 2. The topological polar surface area (TPSA) is 41.1 Å². The monoisotopic (exact) mass is 290 g/mol. The van der Waals surface area contributed by atoms with E-state index in [0.29, 0.717) is 12.0 Å². The van der Waals surface area contributed by atoms with Crippen LogP contribution in [0.2, 0.25) is 0 Å². The molecular formula is C17H23FN2O. The molecule has 1 spiro atoms. The van der Waals surface area contributed by atoms with Crippen molar-refractivity contribution in [1.82, 2.24) is 10.6 Å². The van der Waals surface area contributed by atoms with Crippen molar-refractivity contribution in [2.24, 2.45) is 11.3 Å². The lowest BCUT2D eigenvalue weighted by atomic mass is 9.91. The molecule has 1 saturated heterocycles. The fraction of sp³-hybridized carbons (Fsp3) is 0.588. The summed E-state index contributed by atoms with van der Waals surface area (Å²) in [5, 5.41) is 6.41. The number of piperidine rings is 1. The minimum Gasteiger partial charge on any atom is -0.353 e. The van der Waals surface area contributed by atoms with Gasteiger partial charge in [-0.2, -0.15) is 0 Å². The Morgan fingerprint density at radius 1 is 1.43 bits per heavy atom. The highest BCUT2D eigenvalue weighted by molar-refractivity contribution is 5.82. The first-order chi connectivity index (χ1) is 10.1. The number of carbonyl (C=O) groups is 1. The third kappa shape index (κ3) is 3.10. The molecule has 4 heteroatoms. The number of halogens is 1. The van der Waals surface area contributed by atoms with Gasteiger partial charge in [-0.3, -0.25) is 4.79 Å². The standard InChI is InChI=1S/C17H23FN2O/c1-12(10-13-4-2-3-5-15(13)18)20-16(21)14-11-17(14)6-8-19-9-7-17/h2-5,12,14,19H,6-11H2,1H3,(H,20,21). The van der Waals surface area contributed by atoms with Gasteiger partial charge in [0.1, 0.15) is 5.82 Å². The maximum absolute atomic E-state index is 13.6. The number of hydrogen-bond acceptors (Lipinski definition) is 2. The Kier molecular flexibility index (Phi) is 3.98. The van der Waals surface area contributed by atoms with E-state index in [9.17, 15) is 9.18 Å². The van der Waals surface area contributed by atoms with Crippen LogP contribution in [0, 0.1) is 17.2 Å². The summed E-state index contributed by atoms with van der Waals surface area (Å²) >= 11 is 0. The van der Waals surface area contributed by atoms with Gasteiger partial charge in [-0.05, 0) is 62.7 Å². The summed E-state index contributed by atoms with van der Waals surface area (Å²) in [6.07, 6.45) is 3.77. The smallest absolute Gasteiger partial charge is 0.223 e. The van der Waals surface area contributed by atoms with Gasteiger partial charge >= 0.3 is 0 Å². The first-order valence-electron chi connectivity index (χ1n) is 7.85. The minimum absolute atomic E-state index is 0.0336. The van der Waals surface area contributed by atoms with Gasteiger partial charge in [0, 0.05) is 12.0 Å². The van der Waals surface area contributed by atoms with Crippen molar-refractivity contribution in [3.05, 3.63) is 35.6 Å². The zero-order chi connectivity index (χ0) is 14.9. The van der Waals surface area contributed by atoms with Crippen LogP contribution in [0.5, 0.6) is 0 Å². The van der Waals surface area contributed by atoms with E-state index < -0.39 is 0 Å². The minimum atomic E-state index is -0.195. The largest absolute Gasteiger partial charge is 0.353 e. The molecule has 1 aliphatic heterocycles. The van der Waals surface area contributed by atoms with Crippen LogP contribution in [0.15, 0.2) is 24.3 Å². The predicted octanol–water partition coefficient (Wildman–Crippen LogP) is 2.26. The summed E-state index contributed by atoms with van der Waals surface area (Å²) in [5.74, 6) is 0.128. The summed E-state index contributed by atoms with van der Waals surface area (Å²) in [6.45, 7) is 3.99. The fourth-order valence-corrected chi connectivity index (χ4v) is 3.58. The summed E-state index contributed by atoms with van der Waals surface area (Å²) in [5.41, 5.74) is 0.922. The van der Waals surface area contributed by atoms with E-state index in [1.54, 1.807) is 12.1 Å². The summed E-state index contributed by atoms with van der Waals surface area (Å²) in [4.78, 5) is 12.3. The van der Waals surface area contributed by atoms with Crippen molar-refractivity contribution >= 4 is 5.91 Å². The van der Waals surface area contributed by atoms with Crippen LogP contribution >= 0.6 is 0 Å². The van der Waals surface area contributed by atoms with Gasteiger partial charge in [-0.25, -0.2) is 4.39 Å². The van der Waals surface area contributed by atoms with Crippen molar-refractivity contribution in [2.75, 3.05) is 13.1 Å². The maximum Gasteiger partial charge on any atom is 0.223 e. The first-order valence-corrected chi connectivity index (χ1v) is 7.85. The molecule has 114 valence electrons. The highest BCUT2D eigenvalue weighted by Gasteiger charge is 2.57. The molecule has 1 heterocycles. The molecule has 1 aliphatic carbocycles. The molecule has 0 radical (unpaired) electrons. The number of nitrogens with one attached hydrogen (secondary N) is 2. The molecule has 2 N–H and O–H groups in total. The molecule has 1 amide bonds. The van der Waals surface area contributed by atoms with Crippen molar-refractivity contribution in [3.63, 3.8) is 0 Å². The SMILES string of the molecule is CC(Cc1ccccc1F)NC(=O)C1CC12CCNCC2. The summed E-state index contributed by atoms with van der Waals surface area (Å²) in [7, 11) is 0. The number of amides is 1. The van der Waals surface area contributed by atoms with E-state index in [2.05, 4.69) is 10.6 Å². The van der Waals surface area contributed by atoms with Gasteiger partial charge in [0.15, 0.2) is 0 Å². The van der Waals surface area contributed by atoms with E-state index in [-0.39, 0.29) is 29.1 Å². The van der Waals surface area contributed by atoms with Gasteiger partial charge in [0.05, 0.1) is 0 Å². The molecule has 2 atom stereocenters. The normalized spacial score (nSPS) is 24.6. The van der Waals surface area contributed by atoms with Crippen molar-refractivity contribution in [2.45, 2.75) is 38.6 Å². The van der Waals surface area contributed by atoms with Crippen LogP contribution in [0.25, 0.3) is 0 Å². The number of rotatable bonds is 4. The molecule has 0 bridgehead atoms. The average Bonchev–Trinajstić information content (AvgIpc) is 3.16. The van der Waals surface area contributed by atoms with Crippen LogP contribution in [0.3, 0.4) is 0 Å². The van der Waals surface area contributed by atoms with E-state index in [1.807, 2.05) is 13.0 Å². The second-order valence-corrected chi connectivity index (χ2v) is 6.57. The molecule has 1 aromatic rings. The van der Waals surface area contributed by atoms with Crippen LogP contribution in [-0.4, -0.2) is 25.0 Å². The Morgan fingerprint density at radius 3 is 2.86 bits per heavy atom. The average molecular weight is 290 g/mol. The molecule has 3 rings (SSSR count). The molecular weight excluding hydrogens is 267 g/mol. The first kappa shape index (κ1) is 14.5. The third-order valence-electron chi connectivity index (χ3n) is 4.98.